The summed E-state index contributed by atoms with van der Waals surface area (Å²) in [5.41, 5.74) is 15.6. The van der Waals surface area contributed by atoms with E-state index in [1.807, 2.05) is 6.07 Å². The first-order chi connectivity index (χ1) is 10.8. The Labute approximate surface area is 158 Å². The number of nitrogen functional groups attached to an aromatic ring is 1. The van der Waals surface area contributed by atoms with Crippen LogP contribution in [0.2, 0.25) is 0 Å². The molecule has 4 N–H and O–H groups in total. The highest BCUT2D eigenvalue weighted by atomic mass is 35.5. The SMILES string of the molecule is CCCCCc1c(N)nc2ccccc2c1CCCCCN.Cl.Cl. The highest BCUT2D eigenvalue weighted by molar-refractivity contribution is 5.86. The number of halogens is 2. The Bertz CT molecular complexity index is 602. The number of anilines is 1. The van der Waals surface area contributed by atoms with Gasteiger partial charge in [-0.05, 0) is 55.8 Å². The van der Waals surface area contributed by atoms with E-state index in [0.29, 0.717) is 0 Å². The van der Waals surface area contributed by atoms with Crippen molar-refractivity contribution in [1.29, 1.82) is 0 Å². The molecule has 0 aliphatic rings. The molecule has 1 heterocycles. The van der Waals surface area contributed by atoms with E-state index >= 15 is 0 Å². The maximum absolute atomic E-state index is 6.27. The summed E-state index contributed by atoms with van der Waals surface area (Å²) in [4.78, 5) is 4.62. The zero-order chi connectivity index (χ0) is 15.8. The predicted molar refractivity (Wildman–Crippen MR) is 110 cm³/mol. The first-order valence-corrected chi connectivity index (χ1v) is 8.64. The third-order valence-corrected chi connectivity index (χ3v) is 4.30. The third kappa shape index (κ3) is 6.12. The minimum atomic E-state index is 0. The molecule has 24 heavy (non-hydrogen) atoms. The second kappa shape index (κ2) is 12.3. The van der Waals surface area contributed by atoms with E-state index < -0.39 is 0 Å². The molecule has 0 saturated heterocycles. The lowest BCUT2D eigenvalue weighted by Crippen LogP contribution is -2.05. The van der Waals surface area contributed by atoms with Crippen LogP contribution >= 0.6 is 24.8 Å². The zero-order valence-electron chi connectivity index (χ0n) is 14.6. The number of pyridine rings is 1. The standard InChI is InChI=1S/C19H29N3.2ClH/c1-2-3-5-12-17-15(10-6-4-9-14-20)16-11-7-8-13-18(16)22-19(17)21;;/h7-8,11,13H,2-6,9-10,12,14,20H2,1H3,(H2,21,22);2*1H. The maximum Gasteiger partial charge on any atom is 0.127 e. The molecule has 0 spiro atoms. The number of unbranched alkanes of at least 4 members (excludes halogenated alkanes) is 4. The van der Waals surface area contributed by atoms with Gasteiger partial charge in [-0.2, -0.15) is 0 Å². The van der Waals surface area contributed by atoms with Gasteiger partial charge >= 0.3 is 0 Å². The first-order valence-electron chi connectivity index (χ1n) is 8.64. The van der Waals surface area contributed by atoms with Crippen molar-refractivity contribution in [2.24, 2.45) is 5.73 Å². The summed E-state index contributed by atoms with van der Waals surface area (Å²) in [6, 6.07) is 8.37. The largest absolute Gasteiger partial charge is 0.383 e. The monoisotopic (exact) mass is 371 g/mol. The van der Waals surface area contributed by atoms with Gasteiger partial charge in [0.1, 0.15) is 5.82 Å². The van der Waals surface area contributed by atoms with E-state index in [1.54, 1.807) is 0 Å². The number of rotatable bonds is 9. The number of nitrogens with two attached hydrogens (primary N) is 2. The Morgan fingerprint density at radius 2 is 1.54 bits per heavy atom. The molecule has 0 saturated carbocycles. The van der Waals surface area contributed by atoms with E-state index in [-0.39, 0.29) is 24.8 Å². The van der Waals surface area contributed by atoms with Crippen LogP contribution in [-0.2, 0) is 12.8 Å². The molecule has 1 aromatic carbocycles. The molecule has 0 fully saturated rings. The Hall–Kier alpha value is -1.03. The van der Waals surface area contributed by atoms with Crippen molar-refractivity contribution in [2.45, 2.75) is 58.3 Å². The predicted octanol–water partition coefficient (Wildman–Crippen LogP) is 5.06. The van der Waals surface area contributed by atoms with Gasteiger partial charge in [-0.15, -0.1) is 24.8 Å². The van der Waals surface area contributed by atoms with Gasteiger partial charge in [-0.1, -0.05) is 44.4 Å². The number of hydrogen-bond acceptors (Lipinski definition) is 3. The Kier molecular flexibility index (Phi) is 11.8. The number of fused-ring (bicyclic) bond motifs is 1. The van der Waals surface area contributed by atoms with Gasteiger partial charge in [0.2, 0.25) is 0 Å². The average molecular weight is 372 g/mol. The number of aryl methyl sites for hydroxylation is 1. The minimum absolute atomic E-state index is 0. The van der Waals surface area contributed by atoms with Crippen molar-refractivity contribution in [3.63, 3.8) is 0 Å². The summed E-state index contributed by atoms with van der Waals surface area (Å²) < 4.78 is 0. The fourth-order valence-electron chi connectivity index (χ4n) is 3.08. The van der Waals surface area contributed by atoms with E-state index in [2.05, 4.69) is 30.1 Å². The van der Waals surface area contributed by atoms with E-state index in [4.69, 9.17) is 11.5 Å². The van der Waals surface area contributed by atoms with Crippen LogP contribution in [0.1, 0.15) is 56.6 Å². The minimum Gasteiger partial charge on any atom is -0.383 e. The van der Waals surface area contributed by atoms with Gasteiger partial charge in [0.15, 0.2) is 0 Å². The molecular formula is C19H31Cl2N3. The summed E-state index contributed by atoms with van der Waals surface area (Å²) in [6.07, 6.45) is 9.25. The third-order valence-electron chi connectivity index (χ3n) is 4.30. The maximum atomic E-state index is 6.27. The highest BCUT2D eigenvalue weighted by Crippen LogP contribution is 2.28. The molecular weight excluding hydrogens is 341 g/mol. The van der Waals surface area contributed by atoms with Gasteiger partial charge in [0.05, 0.1) is 5.52 Å². The average Bonchev–Trinajstić information content (AvgIpc) is 2.53. The molecule has 5 heteroatoms. The van der Waals surface area contributed by atoms with Crippen molar-refractivity contribution in [2.75, 3.05) is 12.3 Å². The molecule has 0 amide bonds. The topological polar surface area (TPSA) is 64.9 Å². The van der Waals surface area contributed by atoms with Crippen molar-refractivity contribution >= 4 is 41.5 Å². The van der Waals surface area contributed by atoms with Crippen LogP contribution in [0.15, 0.2) is 24.3 Å². The lowest BCUT2D eigenvalue weighted by Gasteiger charge is -2.15. The lowest BCUT2D eigenvalue weighted by atomic mass is 9.94. The fraction of sp³-hybridized carbons (Fsp3) is 0.526. The summed E-state index contributed by atoms with van der Waals surface area (Å²) in [7, 11) is 0. The van der Waals surface area contributed by atoms with Gasteiger partial charge in [-0.25, -0.2) is 4.98 Å². The van der Waals surface area contributed by atoms with Gasteiger partial charge in [0, 0.05) is 5.39 Å². The van der Waals surface area contributed by atoms with Crippen LogP contribution in [0, 0.1) is 0 Å². The molecule has 3 nitrogen and oxygen atoms in total. The number of hydrogen-bond donors (Lipinski definition) is 2. The van der Waals surface area contributed by atoms with E-state index in [1.165, 1.54) is 48.6 Å². The zero-order valence-corrected chi connectivity index (χ0v) is 16.2. The molecule has 0 bridgehead atoms. The van der Waals surface area contributed by atoms with Gasteiger partial charge in [-0.3, -0.25) is 0 Å². The molecule has 0 atom stereocenters. The second-order valence-corrected chi connectivity index (χ2v) is 6.03. The Balaban J connectivity index is 0.00000264. The molecule has 0 unspecified atom stereocenters. The summed E-state index contributed by atoms with van der Waals surface area (Å²) in [5.74, 6) is 0.726. The Morgan fingerprint density at radius 3 is 2.25 bits per heavy atom. The van der Waals surface area contributed by atoms with Crippen LogP contribution in [-0.4, -0.2) is 11.5 Å². The summed E-state index contributed by atoms with van der Waals surface area (Å²) >= 11 is 0. The smallest absolute Gasteiger partial charge is 0.127 e. The molecule has 2 aromatic rings. The number of aromatic nitrogens is 1. The van der Waals surface area contributed by atoms with Crippen LogP contribution in [0.5, 0.6) is 0 Å². The van der Waals surface area contributed by atoms with Crippen LogP contribution in [0.3, 0.4) is 0 Å². The van der Waals surface area contributed by atoms with Crippen LogP contribution < -0.4 is 11.5 Å². The number of nitrogens with zero attached hydrogens (tertiary/aromatic N) is 1. The van der Waals surface area contributed by atoms with Gasteiger partial charge < -0.3 is 11.5 Å². The first kappa shape index (κ1) is 23.0. The quantitative estimate of drug-likeness (QED) is 0.605. The van der Waals surface area contributed by atoms with Crippen molar-refractivity contribution in [1.82, 2.24) is 4.98 Å². The van der Waals surface area contributed by atoms with Crippen molar-refractivity contribution in [3.8, 4) is 0 Å². The van der Waals surface area contributed by atoms with E-state index in [0.717, 1.165) is 37.1 Å². The number of para-hydroxylation sites is 1. The molecule has 1 aromatic heterocycles. The van der Waals surface area contributed by atoms with Crippen LogP contribution in [0.4, 0.5) is 5.82 Å². The normalized spacial score (nSPS) is 10.2. The van der Waals surface area contributed by atoms with Crippen molar-refractivity contribution < 1.29 is 0 Å². The van der Waals surface area contributed by atoms with Crippen LogP contribution in [0.25, 0.3) is 10.9 Å². The molecule has 136 valence electrons. The fourth-order valence-corrected chi connectivity index (χ4v) is 3.08. The molecule has 0 aliphatic heterocycles. The number of benzene rings is 1. The Morgan fingerprint density at radius 1 is 0.875 bits per heavy atom. The summed E-state index contributed by atoms with van der Waals surface area (Å²) in [5, 5.41) is 1.27. The lowest BCUT2D eigenvalue weighted by molar-refractivity contribution is 0.678. The van der Waals surface area contributed by atoms with Gasteiger partial charge in [0.25, 0.3) is 0 Å². The summed E-state index contributed by atoms with van der Waals surface area (Å²) in [6.45, 7) is 3.01. The second-order valence-electron chi connectivity index (χ2n) is 6.03. The molecule has 0 radical (unpaired) electrons. The van der Waals surface area contributed by atoms with E-state index in [9.17, 15) is 0 Å². The molecule has 0 aliphatic carbocycles. The van der Waals surface area contributed by atoms with Crippen molar-refractivity contribution in [3.05, 3.63) is 35.4 Å². The highest BCUT2D eigenvalue weighted by Gasteiger charge is 2.12. The molecule has 2 rings (SSSR count).